The molecule has 6 nitrogen and oxygen atoms in total. The summed E-state index contributed by atoms with van der Waals surface area (Å²) >= 11 is 12.5. The molecule has 2 saturated heterocycles. The minimum Gasteiger partial charge on any atom is -0.405 e. The highest BCUT2D eigenvalue weighted by atomic mass is 35.5. The van der Waals surface area contributed by atoms with Gasteiger partial charge in [0.15, 0.2) is 0 Å². The highest BCUT2D eigenvalue weighted by Crippen LogP contribution is 2.36. The van der Waals surface area contributed by atoms with E-state index in [-0.39, 0.29) is 54.4 Å². The van der Waals surface area contributed by atoms with Gasteiger partial charge in [0.1, 0.15) is 5.75 Å². The third kappa shape index (κ3) is 8.85. The summed E-state index contributed by atoms with van der Waals surface area (Å²) in [5.74, 6) is -0.374. The van der Waals surface area contributed by atoms with Gasteiger partial charge in [-0.1, -0.05) is 65.7 Å². The predicted molar refractivity (Wildman–Crippen MR) is 172 cm³/mol. The van der Waals surface area contributed by atoms with Crippen LogP contribution >= 0.6 is 35.6 Å². The zero-order valence-electron chi connectivity index (χ0n) is 24.7. The van der Waals surface area contributed by atoms with Gasteiger partial charge in [-0.05, 0) is 54.7 Å². The molecule has 3 aromatic carbocycles. The first-order valence-corrected chi connectivity index (χ1v) is 15.4. The molecule has 0 bridgehead atoms. The van der Waals surface area contributed by atoms with E-state index < -0.39 is 6.36 Å². The second-order valence-electron chi connectivity index (χ2n) is 11.4. The normalized spacial score (nSPS) is 19.2. The van der Waals surface area contributed by atoms with Crippen LogP contribution in [0.25, 0.3) is 11.1 Å². The van der Waals surface area contributed by atoms with Gasteiger partial charge in [0.25, 0.3) is 0 Å². The fourth-order valence-corrected chi connectivity index (χ4v) is 6.73. The maximum atomic E-state index is 13.6. The van der Waals surface area contributed by atoms with Crippen molar-refractivity contribution in [1.82, 2.24) is 15.1 Å². The number of piperidine rings is 2. The molecule has 3 aromatic rings. The van der Waals surface area contributed by atoms with Crippen LogP contribution in [0.1, 0.15) is 43.2 Å². The molecule has 2 aliphatic heterocycles. The average molecular weight is 685 g/mol. The van der Waals surface area contributed by atoms with Crippen molar-refractivity contribution in [1.29, 1.82) is 0 Å². The molecule has 2 fully saturated rings. The summed E-state index contributed by atoms with van der Waals surface area (Å²) in [4.78, 5) is 29.0. The number of carbonyl (C=O) groups excluding carboxylic acids is 2. The quantitative estimate of drug-likeness (QED) is 0.277. The number of likely N-dealkylation sites (tertiary alicyclic amines) is 2. The zero-order chi connectivity index (χ0) is 31.4. The number of nitrogens with one attached hydrogen (secondary N) is 1. The Morgan fingerprint density at radius 3 is 2.27 bits per heavy atom. The van der Waals surface area contributed by atoms with Crippen LogP contribution in [0.4, 0.5) is 13.2 Å². The minimum atomic E-state index is -4.85. The molecule has 2 aliphatic rings. The Kier molecular flexibility index (Phi) is 11.7. The Labute approximate surface area is 277 Å². The molecule has 45 heavy (non-hydrogen) atoms. The Hall–Kier alpha value is -2.98. The topological polar surface area (TPSA) is 61.9 Å². The molecular formula is C33H35Cl3F3N3O3. The van der Waals surface area contributed by atoms with Crippen LogP contribution in [0.5, 0.6) is 5.75 Å². The first-order chi connectivity index (χ1) is 21.0. The fraction of sp³-hybridized carbons (Fsp3) is 0.394. The van der Waals surface area contributed by atoms with Crippen molar-refractivity contribution in [3.05, 3.63) is 87.9 Å². The summed E-state index contributed by atoms with van der Waals surface area (Å²) in [5.41, 5.74) is 2.64. The van der Waals surface area contributed by atoms with Gasteiger partial charge in [-0.3, -0.25) is 9.59 Å². The summed E-state index contributed by atoms with van der Waals surface area (Å²) in [6.07, 6.45) is -2.95. The third-order valence-corrected chi connectivity index (χ3v) is 9.07. The molecule has 5 rings (SSSR count). The fourth-order valence-electron chi connectivity index (χ4n) is 6.21. The van der Waals surface area contributed by atoms with Crippen LogP contribution in [-0.4, -0.2) is 60.2 Å². The second kappa shape index (κ2) is 15.1. The number of alkyl halides is 3. The van der Waals surface area contributed by atoms with Gasteiger partial charge in [-0.2, -0.15) is 0 Å². The molecule has 242 valence electrons. The van der Waals surface area contributed by atoms with Gasteiger partial charge in [0.05, 0.1) is 0 Å². The number of rotatable bonds is 7. The number of amides is 2. The monoisotopic (exact) mass is 683 g/mol. The molecule has 0 unspecified atom stereocenters. The molecule has 0 aliphatic carbocycles. The van der Waals surface area contributed by atoms with Crippen molar-refractivity contribution in [3.8, 4) is 16.9 Å². The van der Waals surface area contributed by atoms with Crippen LogP contribution < -0.4 is 10.1 Å². The Morgan fingerprint density at radius 2 is 1.62 bits per heavy atom. The van der Waals surface area contributed by atoms with Crippen molar-refractivity contribution in [3.63, 3.8) is 0 Å². The minimum absolute atomic E-state index is 0. The van der Waals surface area contributed by atoms with E-state index >= 15 is 0 Å². The second-order valence-corrected chi connectivity index (χ2v) is 12.2. The molecule has 0 aromatic heterocycles. The van der Waals surface area contributed by atoms with E-state index in [4.69, 9.17) is 23.2 Å². The van der Waals surface area contributed by atoms with Crippen LogP contribution in [-0.2, 0) is 16.1 Å². The van der Waals surface area contributed by atoms with Gasteiger partial charge in [0, 0.05) is 78.7 Å². The van der Waals surface area contributed by atoms with Crippen LogP contribution in [0, 0.1) is 5.92 Å². The molecule has 0 radical (unpaired) electrons. The summed E-state index contributed by atoms with van der Waals surface area (Å²) in [5, 5.41) is 4.33. The predicted octanol–water partition coefficient (Wildman–Crippen LogP) is 7.71. The van der Waals surface area contributed by atoms with Crippen molar-refractivity contribution in [2.45, 2.75) is 51.1 Å². The zero-order valence-corrected chi connectivity index (χ0v) is 27.0. The lowest BCUT2D eigenvalue weighted by molar-refractivity contribution is -0.274. The number of carbonyl (C=O) groups is 2. The van der Waals surface area contributed by atoms with E-state index in [1.807, 2.05) is 35.2 Å². The number of ether oxygens (including phenoxy) is 1. The molecule has 2 atom stereocenters. The van der Waals surface area contributed by atoms with Crippen molar-refractivity contribution in [2.75, 3.05) is 26.2 Å². The van der Waals surface area contributed by atoms with Gasteiger partial charge >= 0.3 is 6.36 Å². The van der Waals surface area contributed by atoms with Crippen molar-refractivity contribution >= 4 is 47.4 Å². The van der Waals surface area contributed by atoms with Crippen LogP contribution in [0.15, 0.2) is 66.7 Å². The van der Waals surface area contributed by atoms with Gasteiger partial charge in [-0.25, -0.2) is 0 Å². The Balaban J connectivity index is 0.00000461. The lowest BCUT2D eigenvalue weighted by Gasteiger charge is -2.42. The highest BCUT2D eigenvalue weighted by molar-refractivity contribution is 6.36. The first kappa shape index (κ1) is 34.9. The standard InChI is InChI=1S/C33H34Cl2F3N3O3.ClH/c1-21(42)40-14-11-23(12-15-40)32(43)41-16-13-30(28(20-41)22-5-3-2-4-6-22)39-19-25-17-24(7-10-31(25)44-33(36,37)38)27-9-8-26(34)18-29(27)35;/h2-10,17-18,23,28,30,39H,11-16,19-20H2,1H3;1H/t28-,30-;/m0./s1. The average Bonchev–Trinajstić information content (AvgIpc) is 3.00. The van der Waals surface area contributed by atoms with Gasteiger partial charge in [0.2, 0.25) is 11.8 Å². The highest BCUT2D eigenvalue weighted by Gasteiger charge is 2.37. The Morgan fingerprint density at radius 1 is 0.933 bits per heavy atom. The lowest BCUT2D eigenvalue weighted by atomic mass is 9.84. The molecule has 2 amide bonds. The molecule has 0 spiro atoms. The van der Waals surface area contributed by atoms with E-state index in [1.54, 1.807) is 36.1 Å². The summed E-state index contributed by atoms with van der Waals surface area (Å²) in [7, 11) is 0. The molecular weight excluding hydrogens is 650 g/mol. The van der Waals surface area contributed by atoms with Crippen molar-refractivity contribution < 1.29 is 27.5 Å². The Bertz CT molecular complexity index is 1480. The molecule has 0 saturated carbocycles. The summed E-state index contributed by atoms with van der Waals surface area (Å²) in [6.45, 7) is 3.82. The molecule has 1 N–H and O–H groups in total. The maximum absolute atomic E-state index is 13.6. The largest absolute Gasteiger partial charge is 0.573 e. The van der Waals surface area contributed by atoms with E-state index in [2.05, 4.69) is 10.1 Å². The first-order valence-electron chi connectivity index (χ1n) is 14.6. The summed E-state index contributed by atoms with van der Waals surface area (Å²) in [6, 6.07) is 19.2. The smallest absolute Gasteiger partial charge is 0.405 e. The van der Waals surface area contributed by atoms with E-state index in [9.17, 15) is 22.8 Å². The lowest BCUT2D eigenvalue weighted by Crippen LogP contribution is -2.52. The number of nitrogens with zero attached hydrogens (tertiary/aromatic N) is 2. The molecule has 12 heteroatoms. The number of halogens is 6. The number of hydrogen-bond donors (Lipinski definition) is 1. The molecule has 2 heterocycles. The van der Waals surface area contributed by atoms with Crippen LogP contribution in [0.3, 0.4) is 0 Å². The summed E-state index contributed by atoms with van der Waals surface area (Å²) < 4.78 is 44.4. The van der Waals surface area contributed by atoms with E-state index in [0.29, 0.717) is 72.2 Å². The van der Waals surface area contributed by atoms with Crippen molar-refractivity contribution in [2.24, 2.45) is 5.92 Å². The number of hydrogen-bond acceptors (Lipinski definition) is 4. The third-order valence-electron chi connectivity index (χ3n) is 8.52. The van der Waals surface area contributed by atoms with E-state index in [1.165, 1.54) is 12.1 Å². The van der Waals surface area contributed by atoms with E-state index in [0.717, 1.165) is 5.56 Å². The van der Waals surface area contributed by atoms with Crippen LogP contribution in [0.2, 0.25) is 10.0 Å². The SMILES string of the molecule is CC(=O)N1CCC(C(=O)N2CC[C@H](NCc3cc(-c4ccc(Cl)cc4Cl)ccc3OC(F)(F)F)[C@H](c3ccccc3)C2)CC1.Cl. The number of benzene rings is 3. The van der Waals surface area contributed by atoms with Gasteiger partial charge in [-0.15, -0.1) is 25.6 Å². The van der Waals surface area contributed by atoms with Gasteiger partial charge < -0.3 is 19.9 Å². The maximum Gasteiger partial charge on any atom is 0.573 e.